The van der Waals surface area contributed by atoms with Crippen molar-refractivity contribution in [3.8, 4) is 0 Å². The summed E-state index contributed by atoms with van der Waals surface area (Å²) < 4.78 is 5.59. The number of halogens is 1. The Labute approximate surface area is 56.0 Å². The minimum Gasteiger partial charge on any atom is -0.360 e. The monoisotopic (exact) mass is 175 g/mol. The molecule has 1 aromatic heterocycles. The van der Waals surface area contributed by atoms with Crippen LogP contribution in [0.3, 0.4) is 0 Å². The van der Waals surface area contributed by atoms with Crippen LogP contribution in [0.25, 0.3) is 0 Å². The Morgan fingerprint density at radius 1 is 1.88 bits per heavy atom. The van der Waals surface area contributed by atoms with Crippen LogP contribution in [0.15, 0.2) is 15.2 Å². The van der Waals surface area contributed by atoms with E-state index in [4.69, 9.17) is 4.52 Å². The second-order valence-corrected chi connectivity index (χ2v) is 2.28. The predicted molar refractivity (Wildman–Crippen MR) is 33.6 cm³/mol. The van der Waals surface area contributed by atoms with Gasteiger partial charge in [-0.1, -0.05) is 12.1 Å². The molecule has 0 unspecified atom stereocenters. The van der Waals surface area contributed by atoms with Gasteiger partial charge in [-0.3, -0.25) is 0 Å². The first-order chi connectivity index (χ1) is 3.83. The Kier molecular flexibility index (Phi) is 1.68. The summed E-state index contributed by atoms with van der Waals surface area (Å²) in [5.74, 6) is 0.914. The van der Waals surface area contributed by atoms with Crippen LogP contribution in [0.2, 0.25) is 0 Å². The highest BCUT2D eigenvalue weighted by atomic mass is 79.9. The van der Waals surface area contributed by atoms with Gasteiger partial charge in [0.15, 0.2) is 0 Å². The molecule has 1 heterocycles. The van der Waals surface area contributed by atoms with E-state index >= 15 is 0 Å². The molecule has 8 heavy (non-hydrogen) atoms. The molecule has 0 N–H and O–H groups in total. The molecule has 0 aliphatic heterocycles. The van der Waals surface area contributed by atoms with Crippen molar-refractivity contribution in [2.45, 2.75) is 13.3 Å². The van der Waals surface area contributed by atoms with E-state index in [9.17, 15) is 0 Å². The first kappa shape index (κ1) is 5.82. The smallest absolute Gasteiger partial charge is 0.149 e. The van der Waals surface area contributed by atoms with Crippen LogP contribution in [0, 0.1) is 0 Å². The van der Waals surface area contributed by atoms with Crippen LogP contribution < -0.4 is 0 Å². The maximum atomic E-state index is 4.82. The van der Waals surface area contributed by atoms with E-state index in [2.05, 4.69) is 21.1 Å². The molecular weight excluding hydrogens is 170 g/mol. The van der Waals surface area contributed by atoms with Gasteiger partial charge in [0.05, 0.1) is 0 Å². The fourth-order valence-electron chi connectivity index (χ4n) is 0.454. The van der Waals surface area contributed by atoms with E-state index in [1.165, 1.54) is 0 Å². The van der Waals surface area contributed by atoms with Gasteiger partial charge in [-0.15, -0.1) is 0 Å². The minimum absolute atomic E-state index is 0.773. The Morgan fingerprint density at radius 3 is 2.88 bits per heavy atom. The molecule has 44 valence electrons. The van der Waals surface area contributed by atoms with Gasteiger partial charge in [0, 0.05) is 12.5 Å². The number of nitrogens with zero attached hydrogens (tertiary/aromatic N) is 1. The third kappa shape index (κ3) is 1.10. The van der Waals surface area contributed by atoms with E-state index in [-0.39, 0.29) is 0 Å². The van der Waals surface area contributed by atoms with E-state index in [0.717, 1.165) is 16.8 Å². The van der Waals surface area contributed by atoms with Gasteiger partial charge in [-0.25, -0.2) is 0 Å². The molecule has 0 spiro atoms. The zero-order valence-corrected chi connectivity index (χ0v) is 6.10. The highest BCUT2D eigenvalue weighted by Gasteiger charge is 1.95. The molecule has 0 aliphatic carbocycles. The number of hydrogen-bond donors (Lipinski definition) is 0. The molecule has 1 aromatic rings. The second-order valence-electron chi connectivity index (χ2n) is 1.47. The van der Waals surface area contributed by atoms with E-state index in [1.807, 2.05) is 13.0 Å². The molecule has 2 nitrogen and oxygen atoms in total. The molecule has 0 fully saturated rings. The van der Waals surface area contributed by atoms with Crippen LogP contribution in [0.5, 0.6) is 0 Å². The fraction of sp³-hybridized carbons (Fsp3) is 0.400. The van der Waals surface area contributed by atoms with Crippen molar-refractivity contribution in [2.24, 2.45) is 0 Å². The molecule has 0 atom stereocenters. The van der Waals surface area contributed by atoms with E-state index in [1.54, 1.807) is 0 Å². The lowest BCUT2D eigenvalue weighted by molar-refractivity contribution is 0.383. The molecule has 1 rings (SSSR count). The number of rotatable bonds is 1. The molecule has 0 saturated heterocycles. The molecular formula is C5H6BrNO. The summed E-state index contributed by atoms with van der Waals surface area (Å²) in [6, 6.07) is 1.86. The van der Waals surface area contributed by atoms with Gasteiger partial charge in [0.1, 0.15) is 10.4 Å². The first-order valence-electron chi connectivity index (χ1n) is 2.44. The van der Waals surface area contributed by atoms with Crippen molar-refractivity contribution in [2.75, 3.05) is 0 Å². The summed E-state index contributed by atoms with van der Waals surface area (Å²) in [6.45, 7) is 2.02. The molecule has 0 aliphatic rings. The SMILES string of the molecule is CCc1cc(Br)no1. The Balaban J connectivity index is 2.84. The first-order valence-corrected chi connectivity index (χ1v) is 3.23. The van der Waals surface area contributed by atoms with Gasteiger partial charge in [-0.05, 0) is 15.9 Å². The van der Waals surface area contributed by atoms with Crippen LogP contribution in [-0.2, 0) is 6.42 Å². The topological polar surface area (TPSA) is 26.0 Å². The highest BCUT2D eigenvalue weighted by Crippen LogP contribution is 2.09. The second kappa shape index (κ2) is 2.31. The van der Waals surface area contributed by atoms with Gasteiger partial charge in [-0.2, -0.15) is 0 Å². The average molecular weight is 176 g/mol. The highest BCUT2D eigenvalue weighted by molar-refractivity contribution is 9.10. The number of hydrogen-bond acceptors (Lipinski definition) is 2. The summed E-state index contributed by atoms with van der Waals surface area (Å²) in [4.78, 5) is 0. The van der Waals surface area contributed by atoms with Crippen LogP contribution in [0.1, 0.15) is 12.7 Å². The summed E-state index contributed by atoms with van der Waals surface area (Å²) >= 11 is 3.17. The van der Waals surface area contributed by atoms with Crippen molar-refractivity contribution < 1.29 is 4.52 Å². The molecule has 0 radical (unpaired) electrons. The summed E-state index contributed by atoms with van der Waals surface area (Å²) in [6.07, 6.45) is 0.901. The van der Waals surface area contributed by atoms with Gasteiger partial charge >= 0.3 is 0 Å². The lowest BCUT2D eigenvalue weighted by Gasteiger charge is -1.76. The summed E-state index contributed by atoms with van der Waals surface area (Å²) in [7, 11) is 0. The fourth-order valence-corrected chi connectivity index (χ4v) is 0.782. The quantitative estimate of drug-likeness (QED) is 0.653. The molecule has 3 heteroatoms. The standard InChI is InChI=1S/C5H6BrNO/c1-2-4-3-5(6)7-8-4/h3H,2H2,1H3. The van der Waals surface area contributed by atoms with Crippen LogP contribution >= 0.6 is 15.9 Å². The average Bonchev–Trinajstić information content (AvgIpc) is 2.14. The van der Waals surface area contributed by atoms with Crippen molar-refractivity contribution in [3.63, 3.8) is 0 Å². The molecule has 0 aromatic carbocycles. The maximum absolute atomic E-state index is 4.82. The van der Waals surface area contributed by atoms with E-state index < -0.39 is 0 Å². The van der Waals surface area contributed by atoms with Crippen LogP contribution in [-0.4, -0.2) is 5.16 Å². The van der Waals surface area contributed by atoms with E-state index in [0.29, 0.717) is 0 Å². The summed E-state index contributed by atoms with van der Waals surface area (Å²) in [5.41, 5.74) is 0. The minimum atomic E-state index is 0.773. The third-order valence-corrected chi connectivity index (χ3v) is 1.25. The molecule has 0 amide bonds. The lowest BCUT2D eigenvalue weighted by atomic mass is 10.4. The number of aryl methyl sites for hydroxylation is 1. The Hall–Kier alpha value is -0.310. The number of aromatic nitrogens is 1. The predicted octanol–water partition coefficient (Wildman–Crippen LogP) is 2.00. The maximum Gasteiger partial charge on any atom is 0.149 e. The summed E-state index contributed by atoms with van der Waals surface area (Å²) in [5, 5.41) is 3.63. The van der Waals surface area contributed by atoms with Crippen molar-refractivity contribution >= 4 is 15.9 Å². The Bertz CT molecular complexity index is 173. The van der Waals surface area contributed by atoms with Crippen molar-refractivity contribution in [3.05, 3.63) is 16.4 Å². The van der Waals surface area contributed by atoms with Crippen molar-refractivity contribution in [1.82, 2.24) is 5.16 Å². The largest absolute Gasteiger partial charge is 0.360 e. The van der Waals surface area contributed by atoms with Gasteiger partial charge in [0.25, 0.3) is 0 Å². The third-order valence-electron chi connectivity index (χ3n) is 0.879. The normalized spacial score (nSPS) is 9.75. The lowest BCUT2D eigenvalue weighted by Crippen LogP contribution is -1.67. The van der Waals surface area contributed by atoms with Gasteiger partial charge < -0.3 is 4.52 Å². The molecule has 0 bridgehead atoms. The zero-order valence-electron chi connectivity index (χ0n) is 4.52. The zero-order chi connectivity index (χ0) is 5.98. The van der Waals surface area contributed by atoms with Crippen LogP contribution in [0.4, 0.5) is 0 Å². The van der Waals surface area contributed by atoms with Gasteiger partial charge in [0.2, 0.25) is 0 Å². The van der Waals surface area contributed by atoms with Crippen molar-refractivity contribution in [1.29, 1.82) is 0 Å². The molecule has 0 saturated carbocycles. The Morgan fingerprint density at radius 2 is 2.62 bits per heavy atom.